The molecule has 2 aromatic rings. The first-order valence-electron chi connectivity index (χ1n) is 10.0. The molecule has 0 unspecified atom stereocenters. The van der Waals surface area contributed by atoms with Gasteiger partial charge in [-0.05, 0) is 73.5 Å². The normalized spacial score (nSPS) is 20.1. The minimum Gasteiger partial charge on any atom is -0.352 e. The van der Waals surface area contributed by atoms with Crippen molar-refractivity contribution in [3.05, 3.63) is 34.1 Å². The van der Waals surface area contributed by atoms with Crippen molar-refractivity contribution in [3.8, 4) is 11.4 Å². The molecule has 1 heterocycles. The molecule has 1 aliphatic rings. The lowest BCUT2D eigenvalue weighted by Crippen LogP contribution is -2.41. The Kier molecular flexibility index (Phi) is 6.61. The predicted molar refractivity (Wildman–Crippen MR) is 116 cm³/mol. The number of carbonyl (C=O) groups is 1. The van der Waals surface area contributed by atoms with Crippen molar-refractivity contribution in [3.63, 3.8) is 0 Å². The van der Waals surface area contributed by atoms with E-state index in [9.17, 15) is 4.79 Å². The lowest BCUT2D eigenvalue weighted by atomic mass is 9.69. The molecule has 152 valence electrons. The van der Waals surface area contributed by atoms with Crippen LogP contribution in [0.15, 0.2) is 24.3 Å². The van der Waals surface area contributed by atoms with E-state index in [1.165, 1.54) is 19.3 Å². The van der Waals surface area contributed by atoms with E-state index in [0.29, 0.717) is 21.0 Å². The summed E-state index contributed by atoms with van der Waals surface area (Å²) in [4.78, 5) is 12.7. The van der Waals surface area contributed by atoms with Crippen LogP contribution in [0.3, 0.4) is 0 Å². The van der Waals surface area contributed by atoms with Crippen molar-refractivity contribution in [2.75, 3.05) is 0 Å². The second-order valence-electron chi connectivity index (χ2n) is 8.40. The first-order valence-corrected chi connectivity index (χ1v) is 10.8. The molecule has 1 amide bonds. The summed E-state index contributed by atoms with van der Waals surface area (Å²) in [5, 5.41) is 10.9. The van der Waals surface area contributed by atoms with Gasteiger partial charge in [0.1, 0.15) is 6.54 Å². The van der Waals surface area contributed by atoms with Gasteiger partial charge in [-0.3, -0.25) is 14.5 Å². The van der Waals surface area contributed by atoms with Crippen LogP contribution in [0.2, 0.25) is 5.02 Å². The van der Waals surface area contributed by atoms with Gasteiger partial charge in [-0.1, -0.05) is 38.8 Å². The van der Waals surface area contributed by atoms with Crippen molar-refractivity contribution in [1.82, 2.24) is 20.1 Å². The van der Waals surface area contributed by atoms with Gasteiger partial charge in [-0.25, -0.2) is 0 Å². The summed E-state index contributed by atoms with van der Waals surface area (Å²) in [5.41, 5.74) is 1.25. The minimum atomic E-state index is -0.0223. The maximum Gasteiger partial charge on any atom is 0.240 e. The number of aromatic amines is 1. The van der Waals surface area contributed by atoms with Crippen molar-refractivity contribution in [2.24, 2.45) is 11.3 Å². The summed E-state index contributed by atoms with van der Waals surface area (Å²) in [6, 6.07) is 7.60. The lowest BCUT2D eigenvalue weighted by molar-refractivity contribution is -0.122. The summed E-state index contributed by atoms with van der Waals surface area (Å²) < 4.78 is 2.17. The number of halogens is 1. The third-order valence-electron chi connectivity index (χ3n) is 6.27. The Morgan fingerprint density at radius 3 is 2.54 bits per heavy atom. The van der Waals surface area contributed by atoms with E-state index in [0.717, 1.165) is 24.3 Å². The molecule has 28 heavy (non-hydrogen) atoms. The van der Waals surface area contributed by atoms with Gasteiger partial charge in [0.25, 0.3) is 0 Å². The molecule has 0 atom stereocenters. The molecule has 1 aromatic heterocycles. The molecule has 7 heteroatoms. The molecule has 2 N–H and O–H groups in total. The number of H-pyrrole nitrogens is 1. The van der Waals surface area contributed by atoms with Gasteiger partial charge >= 0.3 is 0 Å². The number of hydrogen-bond donors (Lipinski definition) is 2. The standard InChI is InChI=1S/C21H29ClN4OS/c1-4-21(2,3)15-7-11-17(12-8-15)23-18(27)13-26-19(24-25-20(26)28)14-5-9-16(22)10-6-14/h5-6,9-10,15,17H,4,7-8,11-13H2,1-3H3,(H,23,27)(H,25,28). The molecule has 0 aliphatic heterocycles. The van der Waals surface area contributed by atoms with Crippen LogP contribution in [0.5, 0.6) is 0 Å². The van der Waals surface area contributed by atoms with Gasteiger partial charge in [0.2, 0.25) is 5.91 Å². The van der Waals surface area contributed by atoms with Crippen LogP contribution in [0.4, 0.5) is 0 Å². The van der Waals surface area contributed by atoms with Gasteiger partial charge in [0, 0.05) is 16.6 Å². The summed E-state index contributed by atoms with van der Waals surface area (Å²) in [5.74, 6) is 1.36. The first-order chi connectivity index (χ1) is 13.3. The fraction of sp³-hybridized carbons (Fsp3) is 0.571. The zero-order chi connectivity index (χ0) is 20.3. The van der Waals surface area contributed by atoms with E-state index in [-0.39, 0.29) is 18.5 Å². The highest BCUT2D eigenvalue weighted by Crippen LogP contribution is 2.40. The van der Waals surface area contributed by atoms with Gasteiger partial charge in [0.05, 0.1) is 0 Å². The summed E-state index contributed by atoms with van der Waals surface area (Å²) in [6.07, 6.45) is 5.63. The van der Waals surface area contributed by atoms with E-state index in [2.05, 4.69) is 36.3 Å². The highest BCUT2D eigenvalue weighted by atomic mass is 35.5. The summed E-state index contributed by atoms with van der Waals surface area (Å²) >= 11 is 11.3. The monoisotopic (exact) mass is 420 g/mol. The Morgan fingerprint density at radius 2 is 1.93 bits per heavy atom. The van der Waals surface area contributed by atoms with E-state index in [1.807, 2.05) is 12.1 Å². The number of rotatable bonds is 6. The Hall–Kier alpha value is -1.66. The van der Waals surface area contributed by atoms with Crippen LogP contribution in [-0.2, 0) is 11.3 Å². The van der Waals surface area contributed by atoms with Gasteiger partial charge < -0.3 is 5.32 Å². The minimum absolute atomic E-state index is 0.0223. The number of nitrogens with zero attached hydrogens (tertiary/aromatic N) is 2. The number of benzene rings is 1. The van der Waals surface area contributed by atoms with Crippen molar-refractivity contribution in [2.45, 2.75) is 65.5 Å². The van der Waals surface area contributed by atoms with Crippen LogP contribution >= 0.6 is 23.8 Å². The zero-order valence-electron chi connectivity index (χ0n) is 16.8. The number of hydrogen-bond acceptors (Lipinski definition) is 3. The molecular weight excluding hydrogens is 392 g/mol. The third-order valence-corrected chi connectivity index (χ3v) is 6.83. The van der Waals surface area contributed by atoms with Crippen LogP contribution in [0.25, 0.3) is 11.4 Å². The number of nitrogens with one attached hydrogen (secondary N) is 2. The lowest BCUT2D eigenvalue weighted by Gasteiger charge is -2.39. The van der Waals surface area contributed by atoms with Crippen LogP contribution in [0, 0.1) is 16.1 Å². The van der Waals surface area contributed by atoms with E-state index in [1.54, 1.807) is 16.7 Å². The molecule has 1 saturated carbocycles. The molecule has 0 bridgehead atoms. The predicted octanol–water partition coefficient (Wildman–Crippen LogP) is 5.37. The smallest absolute Gasteiger partial charge is 0.240 e. The zero-order valence-corrected chi connectivity index (χ0v) is 18.4. The average Bonchev–Trinajstić information content (AvgIpc) is 3.03. The second-order valence-corrected chi connectivity index (χ2v) is 9.23. The molecule has 0 radical (unpaired) electrons. The number of amides is 1. The Labute approximate surface area is 176 Å². The SMILES string of the molecule is CCC(C)(C)C1CCC(NC(=O)Cn2c(-c3ccc(Cl)cc3)n[nH]c2=S)CC1. The first kappa shape index (κ1) is 21.1. The molecule has 0 saturated heterocycles. The molecule has 3 rings (SSSR count). The fourth-order valence-corrected chi connectivity index (χ4v) is 4.33. The Bertz CT molecular complexity index is 863. The molecule has 1 aromatic carbocycles. The number of aromatic nitrogens is 3. The molecule has 5 nitrogen and oxygen atoms in total. The Balaban J connectivity index is 1.61. The quantitative estimate of drug-likeness (QED) is 0.617. The van der Waals surface area contributed by atoms with Crippen LogP contribution in [-0.4, -0.2) is 26.7 Å². The molecule has 1 fully saturated rings. The maximum atomic E-state index is 12.7. The van der Waals surface area contributed by atoms with E-state index >= 15 is 0 Å². The average molecular weight is 421 g/mol. The largest absolute Gasteiger partial charge is 0.352 e. The maximum absolute atomic E-state index is 12.7. The Morgan fingerprint density at radius 1 is 1.29 bits per heavy atom. The highest BCUT2D eigenvalue weighted by molar-refractivity contribution is 7.71. The second kappa shape index (κ2) is 8.78. The summed E-state index contributed by atoms with van der Waals surface area (Å²) in [7, 11) is 0. The molecule has 1 aliphatic carbocycles. The fourth-order valence-electron chi connectivity index (χ4n) is 4.01. The van der Waals surface area contributed by atoms with Crippen LogP contribution in [0.1, 0.15) is 52.9 Å². The van der Waals surface area contributed by atoms with Crippen molar-refractivity contribution in [1.29, 1.82) is 0 Å². The van der Waals surface area contributed by atoms with Crippen LogP contribution < -0.4 is 5.32 Å². The van der Waals surface area contributed by atoms with E-state index < -0.39 is 0 Å². The van der Waals surface area contributed by atoms with E-state index in [4.69, 9.17) is 23.8 Å². The topological polar surface area (TPSA) is 62.7 Å². The number of carbonyl (C=O) groups excluding carboxylic acids is 1. The third kappa shape index (κ3) is 4.84. The van der Waals surface area contributed by atoms with Gasteiger partial charge in [-0.2, -0.15) is 5.10 Å². The highest BCUT2D eigenvalue weighted by Gasteiger charge is 2.32. The van der Waals surface area contributed by atoms with Gasteiger partial charge in [-0.15, -0.1) is 0 Å². The molecular formula is C21H29ClN4OS. The van der Waals surface area contributed by atoms with Crippen molar-refractivity contribution < 1.29 is 4.79 Å². The van der Waals surface area contributed by atoms with Crippen molar-refractivity contribution >= 4 is 29.7 Å². The molecule has 0 spiro atoms. The van der Waals surface area contributed by atoms with Gasteiger partial charge in [0.15, 0.2) is 10.6 Å². The summed E-state index contributed by atoms with van der Waals surface area (Å²) in [6.45, 7) is 7.14.